The fraction of sp³-hybridized carbons (Fsp3) is 0.333. The van der Waals surface area contributed by atoms with Crippen LogP contribution < -0.4 is 10.6 Å². The minimum Gasteiger partial charge on any atom is -0.396 e. The molecule has 0 spiro atoms. The summed E-state index contributed by atoms with van der Waals surface area (Å²) in [4.78, 5) is 11.8. The van der Waals surface area contributed by atoms with Crippen LogP contribution in [-0.4, -0.2) is 29.3 Å². The number of hydrogen-bond acceptors (Lipinski definition) is 3. The summed E-state index contributed by atoms with van der Waals surface area (Å²) in [6.07, 6.45) is 0.598. The average molecular weight is 252 g/mol. The highest BCUT2D eigenvalue weighted by molar-refractivity contribution is 7.80. The van der Waals surface area contributed by atoms with Crippen molar-refractivity contribution in [1.82, 2.24) is 10.6 Å². The minimum atomic E-state index is -0.227. The Bertz CT molecular complexity index is 407. The van der Waals surface area contributed by atoms with Crippen LogP contribution in [0.5, 0.6) is 0 Å². The van der Waals surface area contributed by atoms with E-state index in [-0.39, 0.29) is 17.6 Å². The van der Waals surface area contributed by atoms with Gasteiger partial charge in [-0.1, -0.05) is 17.7 Å². The van der Waals surface area contributed by atoms with Gasteiger partial charge in [-0.3, -0.25) is 10.1 Å². The summed E-state index contributed by atoms with van der Waals surface area (Å²) >= 11 is 4.95. The zero-order chi connectivity index (χ0) is 12.7. The number of carbonyl (C=O) groups is 1. The number of amides is 1. The monoisotopic (exact) mass is 252 g/mol. The third kappa shape index (κ3) is 4.93. The Hall–Kier alpha value is -1.46. The van der Waals surface area contributed by atoms with Crippen LogP contribution in [0.3, 0.4) is 0 Å². The van der Waals surface area contributed by atoms with Gasteiger partial charge < -0.3 is 10.4 Å². The summed E-state index contributed by atoms with van der Waals surface area (Å²) in [5, 5.41) is 14.3. The third-order valence-electron chi connectivity index (χ3n) is 2.13. The van der Waals surface area contributed by atoms with E-state index in [1.165, 1.54) is 0 Å². The van der Waals surface area contributed by atoms with E-state index in [1.54, 1.807) is 12.1 Å². The normalized spacial score (nSPS) is 9.76. The first-order valence-electron chi connectivity index (χ1n) is 5.40. The fourth-order valence-corrected chi connectivity index (χ4v) is 1.48. The fourth-order valence-electron chi connectivity index (χ4n) is 1.29. The molecule has 3 N–H and O–H groups in total. The highest BCUT2D eigenvalue weighted by Gasteiger charge is 2.06. The molecule has 5 heteroatoms. The number of nitrogens with one attached hydrogen (secondary N) is 2. The van der Waals surface area contributed by atoms with Gasteiger partial charge in [0.1, 0.15) is 0 Å². The Balaban J connectivity index is 2.46. The van der Waals surface area contributed by atoms with Crippen molar-refractivity contribution in [3.05, 3.63) is 35.4 Å². The molecule has 4 nitrogen and oxygen atoms in total. The SMILES string of the molecule is Cc1cccc(C(=O)NC(=S)NCCCO)c1. The maximum atomic E-state index is 11.8. The van der Waals surface area contributed by atoms with E-state index in [2.05, 4.69) is 10.6 Å². The van der Waals surface area contributed by atoms with Crippen LogP contribution in [0.4, 0.5) is 0 Å². The van der Waals surface area contributed by atoms with Crippen LogP contribution in [0, 0.1) is 6.92 Å². The number of rotatable bonds is 4. The van der Waals surface area contributed by atoms with Crippen LogP contribution in [0.1, 0.15) is 22.3 Å². The van der Waals surface area contributed by atoms with E-state index < -0.39 is 0 Å². The number of carbonyl (C=O) groups excluding carboxylic acids is 1. The van der Waals surface area contributed by atoms with E-state index in [4.69, 9.17) is 17.3 Å². The standard InChI is InChI=1S/C12H16N2O2S/c1-9-4-2-5-10(8-9)11(16)14-12(17)13-6-3-7-15/h2,4-5,8,15H,3,6-7H2,1H3,(H2,13,14,16,17). The van der Waals surface area contributed by atoms with Gasteiger partial charge in [-0.05, 0) is 37.7 Å². The number of benzene rings is 1. The van der Waals surface area contributed by atoms with Gasteiger partial charge in [-0.25, -0.2) is 0 Å². The quantitative estimate of drug-likeness (QED) is 0.552. The number of aliphatic hydroxyl groups is 1. The van der Waals surface area contributed by atoms with E-state index in [1.807, 2.05) is 19.1 Å². The maximum absolute atomic E-state index is 11.8. The molecule has 0 aliphatic carbocycles. The molecular formula is C12H16N2O2S. The second-order valence-electron chi connectivity index (χ2n) is 3.66. The molecule has 0 aliphatic heterocycles. The molecule has 0 unspecified atom stereocenters. The van der Waals surface area contributed by atoms with Crippen molar-refractivity contribution in [3.8, 4) is 0 Å². The first-order chi connectivity index (χ1) is 8.13. The molecule has 1 amide bonds. The highest BCUT2D eigenvalue weighted by atomic mass is 32.1. The molecule has 1 aromatic rings. The number of hydrogen-bond donors (Lipinski definition) is 3. The molecule has 1 rings (SSSR count). The lowest BCUT2D eigenvalue weighted by atomic mass is 10.1. The predicted molar refractivity (Wildman–Crippen MR) is 70.9 cm³/mol. The van der Waals surface area contributed by atoms with Gasteiger partial charge in [0, 0.05) is 18.7 Å². The summed E-state index contributed by atoms with van der Waals surface area (Å²) < 4.78 is 0. The van der Waals surface area contributed by atoms with Crippen molar-refractivity contribution in [2.45, 2.75) is 13.3 Å². The van der Waals surface area contributed by atoms with Crippen molar-refractivity contribution in [1.29, 1.82) is 0 Å². The Kier molecular flexibility index (Phi) is 5.59. The van der Waals surface area contributed by atoms with E-state index in [0.29, 0.717) is 18.5 Å². The van der Waals surface area contributed by atoms with Crippen LogP contribution in [0.2, 0.25) is 0 Å². The van der Waals surface area contributed by atoms with Crippen molar-refractivity contribution in [3.63, 3.8) is 0 Å². The predicted octanol–water partition coefficient (Wildman–Crippen LogP) is 0.982. The molecule has 0 bridgehead atoms. The lowest BCUT2D eigenvalue weighted by molar-refractivity contribution is 0.0976. The van der Waals surface area contributed by atoms with Gasteiger partial charge >= 0.3 is 0 Å². The summed E-state index contributed by atoms with van der Waals surface area (Å²) in [5.41, 5.74) is 1.60. The van der Waals surface area contributed by atoms with Gasteiger partial charge in [0.15, 0.2) is 5.11 Å². The lowest BCUT2D eigenvalue weighted by Crippen LogP contribution is -2.39. The molecule has 0 aliphatic rings. The zero-order valence-electron chi connectivity index (χ0n) is 9.69. The number of thiocarbonyl (C=S) groups is 1. The minimum absolute atomic E-state index is 0.0987. The molecule has 0 heterocycles. The van der Waals surface area contributed by atoms with Crippen molar-refractivity contribution in [2.24, 2.45) is 0 Å². The molecule has 0 saturated heterocycles. The molecule has 92 valence electrons. The van der Waals surface area contributed by atoms with Crippen LogP contribution in [-0.2, 0) is 0 Å². The molecule has 0 aromatic heterocycles. The maximum Gasteiger partial charge on any atom is 0.257 e. The largest absolute Gasteiger partial charge is 0.396 e. The molecule has 17 heavy (non-hydrogen) atoms. The van der Waals surface area contributed by atoms with Gasteiger partial charge in [-0.2, -0.15) is 0 Å². The van der Waals surface area contributed by atoms with Gasteiger partial charge in [0.05, 0.1) is 0 Å². The summed E-state index contributed by atoms with van der Waals surface area (Å²) in [6.45, 7) is 2.57. The summed E-state index contributed by atoms with van der Waals surface area (Å²) in [6, 6.07) is 7.28. The Labute approximate surface area is 106 Å². The van der Waals surface area contributed by atoms with Crippen LogP contribution in [0.15, 0.2) is 24.3 Å². The molecular weight excluding hydrogens is 236 g/mol. The van der Waals surface area contributed by atoms with Gasteiger partial charge in [-0.15, -0.1) is 0 Å². The van der Waals surface area contributed by atoms with Crippen molar-refractivity contribution < 1.29 is 9.90 Å². The van der Waals surface area contributed by atoms with E-state index in [0.717, 1.165) is 5.56 Å². The smallest absolute Gasteiger partial charge is 0.257 e. The van der Waals surface area contributed by atoms with Crippen molar-refractivity contribution in [2.75, 3.05) is 13.2 Å². The van der Waals surface area contributed by atoms with Crippen LogP contribution >= 0.6 is 12.2 Å². The van der Waals surface area contributed by atoms with Crippen LogP contribution in [0.25, 0.3) is 0 Å². The molecule has 1 aromatic carbocycles. The average Bonchev–Trinajstić information content (AvgIpc) is 2.29. The molecule has 0 saturated carbocycles. The number of aliphatic hydroxyl groups excluding tert-OH is 1. The van der Waals surface area contributed by atoms with Crippen molar-refractivity contribution >= 4 is 23.2 Å². The lowest BCUT2D eigenvalue weighted by Gasteiger charge is -2.09. The van der Waals surface area contributed by atoms with E-state index in [9.17, 15) is 4.79 Å². The topological polar surface area (TPSA) is 61.4 Å². The van der Waals surface area contributed by atoms with Gasteiger partial charge in [0.2, 0.25) is 0 Å². The Morgan fingerprint density at radius 1 is 1.47 bits per heavy atom. The first kappa shape index (κ1) is 13.6. The molecule has 0 fully saturated rings. The summed E-state index contributed by atoms with van der Waals surface area (Å²) in [5.74, 6) is -0.227. The second kappa shape index (κ2) is 6.98. The Morgan fingerprint density at radius 3 is 2.88 bits per heavy atom. The third-order valence-corrected chi connectivity index (χ3v) is 2.37. The Morgan fingerprint density at radius 2 is 2.24 bits per heavy atom. The second-order valence-corrected chi connectivity index (χ2v) is 4.06. The highest BCUT2D eigenvalue weighted by Crippen LogP contribution is 2.03. The summed E-state index contributed by atoms with van der Waals surface area (Å²) in [7, 11) is 0. The van der Waals surface area contributed by atoms with E-state index >= 15 is 0 Å². The number of aryl methyl sites for hydroxylation is 1. The molecule has 0 atom stereocenters. The molecule has 0 radical (unpaired) electrons. The first-order valence-corrected chi connectivity index (χ1v) is 5.81. The van der Waals surface area contributed by atoms with Gasteiger partial charge in [0.25, 0.3) is 5.91 Å². The zero-order valence-corrected chi connectivity index (χ0v) is 10.5.